The van der Waals surface area contributed by atoms with Crippen molar-refractivity contribution in [3.63, 3.8) is 0 Å². The van der Waals surface area contributed by atoms with Gasteiger partial charge in [-0.15, -0.1) is 0 Å². The first-order valence-electron chi connectivity index (χ1n) is 22.3. The summed E-state index contributed by atoms with van der Waals surface area (Å²) in [5.74, 6) is -1.09. The Hall–Kier alpha value is -6.06. The van der Waals surface area contributed by atoms with Crippen molar-refractivity contribution in [2.75, 3.05) is 64.7 Å². The van der Waals surface area contributed by atoms with E-state index in [1.807, 2.05) is 30.3 Å². The van der Waals surface area contributed by atoms with Gasteiger partial charge in [-0.3, -0.25) is 23.7 Å². The summed E-state index contributed by atoms with van der Waals surface area (Å²) in [6.07, 6.45) is 4.00. The van der Waals surface area contributed by atoms with Gasteiger partial charge in [-0.1, -0.05) is 48.0 Å². The number of piperazine rings is 1. The molecule has 0 spiro atoms. The Labute approximate surface area is 382 Å². The third-order valence-corrected chi connectivity index (χ3v) is 13.0. The second-order valence-electron chi connectivity index (χ2n) is 17.4. The number of hydrogen-bond donors (Lipinski definition) is 3. The maximum absolute atomic E-state index is 14.2. The number of aliphatic hydroxyl groups is 1. The van der Waals surface area contributed by atoms with Gasteiger partial charge in [-0.25, -0.2) is 14.4 Å². The fourth-order valence-electron chi connectivity index (χ4n) is 8.74. The molecule has 3 amide bonds. The Morgan fingerprint density at radius 3 is 2.37 bits per heavy atom. The summed E-state index contributed by atoms with van der Waals surface area (Å²) in [7, 11) is 2.10. The largest absolute Gasteiger partial charge is 0.388 e. The molecule has 4 heterocycles. The van der Waals surface area contributed by atoms with Crippen LogP contribution < -0.4 is 16.2 Å². The quantitative estimate of drug-likeness (QED) is 0.0995. The van der Waals surface area contributed by atoms with Crippen LogP contribution in [0.25, 0.3) is 33.1 Å². The molecule has 2 aliphatic rings. The third kappa shape index (κ3) is 11.4. The first-order valence-corrected chi connectivity index (χ1v) is 22.7. The molecule has 2 saturated heterocycles. The summed E-state index contributed by atoms with van der Waals surface area (Å²) in [6, 6.07) is 27.7. The molecule has 0 bridgehead atoms. The first-order chi connectivity index (χ1) is 31.4. The van der Waals surface area contributed by atoms with Crippen molar-refractivity contribution in [2.45, 2.75) is 50.7 Å². The van der Waals surface area contributed by atoms with Gasteiger partial charge in [0.2, 0.25) is 11.8 Å². The highest BCUT2D eigenvalue weighted by molar-refractivity contribution is 6.35. The summed E-state index contributed by atoms with van der Waals surface area (Å²) in [4.78, 5) is 69.4. The van der Waals surface area contributed by atoms with Crippen LogP contribution in [0.4, 0.5) is 10.1 Å². The number of anilines is 1. The zero-order chi connectivity index (χ0) is 45.5. The van der Waals surface area contributed by atoms with Gasteiger partial charge in [0.1, 0.15) is 5.82 Å². The number of nitrogens with one attached hydrogen (secondary N) is 2. The standard InChI is InChI=1S/C50H54ClFN8O5/c1-57-24-26-58(27-25-57)21-17-46(61)55-39-14-16-41-44(30-39)54-33-60(49(41)64)32-50(65)18-22-59(23-19-50)48(63)37(28-34-6-3-2-4-7-34)8-5-20-53-47(62)36-11-15-40-42(51)31-43(56-45(40)29-36)35-9-12-38(52)13-10-35/h2-4,6-7,9-16,29-31,33,37,65H,5,8,17-28,32H2,1H3,(H,53,62)(H,55,61)/t37-/m1/s1. The Morgan fingerprint density at radius 1 is 0.877 bits per heavy atom. The van der Waals surface area contributed by atoms with E-state index in [0.29, 0.717) is 101 Å². The highest BCUT2D eigenvalue weighted by Crippen LogP contribution is 2.30. The molecule has 338 valence electrons. The zero-order valence-corrected chi connectivity index (χ0v) is 37.3. The molecule has 2 aromatic heterocycles. The van der Waals surface area contributed by atoms with Crippen molar-refractivity contribution in [2.24, 2.45) is 5.92 Å². The van der Waals surface area contributed by atoms with E-state index in [0.717, 1.165) is 31.7 Å². The minimum Gasteiger partial charge on any atom is -0.388 e. The molecule has 4 aromatic carbocycles. The number of aromatic nitrogens is 3. The molecule has 1 atom stereocenters. The number of amides is 3. The normalized spacial score (nSPS) is 16.1. The molecule has 65 heavy (non-hydrogen) atoms. The van der Waals surface area contributed by atoms with Crippen molar-refractivity contribution in [3.8, 4) is 11.3 Å². The fraction of sp³-hybridized carbons (Fsp3) is 0.360. The highest BCUT2D eigenvalue weighted by Gasteiger charge is 2.36. The van der Waals surface area contributed by atoms with E-state index in [9.17, 15) is 28.7 Å². The monoisotopic (exact) mass is 900 g/mol. The van der Waals surface area contributed by atoms with Crippen LogP contribution in [0.2, 0.25) is 5.02 Å². The lowest BCUT2D eigenvalue weighted by Gasteiger charge is -2.39. The summed E-state index contributed by atoms with van der Waals surface area (Å²) in [5.41, 5.74) is 2.76. The van der Waals surface area contributed by atoms with Crippen molar-refractivity contribution in [1.29, 1.82) is 0 Å². The lowest BCUT2D eigenvalue weighted by Crippen LogP contribution is -2.51. The van der Waals surface area contributed by atoms with Gasteiger partial charge in [0.15, 0.2) is 0 Å². The SMILES string of the molecule is CN1CCN(CCC(=O)Nc2ccc3c(=O)n(CC4(O)CCN(C(=O)[C@H](CCCNC(=O)c5ccc6c(Cl)cc(-c7ccc(F)cc7)nc6c5)Cc5ccccc5)CC4)cnc3c2)CC1. The molecule has 3 N–H and O–H groups in total. The number of hydrogen-bond acceptors (Lipinski definition) is 9. The van der Waals surface area contributed by atoms with E-state index in [1.165, 1.54) is 23.0 Å². The molecule has 0 radical (unpaired) electrons. The van der Waals surface area contributed by atoms with Crippen molar-refractivity contribution in [1.82, 2.24) is 34.6 Å². The first kappa shape index (κ1) is 45.5. The van der Waals surface area contributed by atoms with Gasteiger partial charge in [0.25, 0.3) is 11.5 Å². The molecule has 8 rings (SSSR count). The molecule has 0 aliphatic carbocycles. The summed E-state index contributed by atoms with van der Waals surface area (Å²) in [6.45, 7) is 5.58. The molecule has 2 aliphatic heterocycles. The van der Waals surface area contributed by atoms with Crippen molar-refractivity contribution in [3.05, 3.63) is 136 Å². The van der Waals surface area contributed by atoms with Gasteiger partial charge >= 0.3 is 0 Å². The Bertz CT molecular complexity index is 2720. The second kappa shape index (κ2) is 20.4. The third-order valence-electron chi connectivity index (χ3n) is 12.7. The number of benzene rings is 4. The van der Waals surface area contributed by atoms with Crippen molar-refractivity contribution < 1.29 is 23.9 Å². The number of likely N-dealkylation sites (N-methyl/N-ethyl adjacent to an activating group) is 1. The number of piperidine rings is 1. The van der Waals surface area contributed by atoms with Crippen LogP contribution in [0.3, 0.4) is 0 Å². The molecule has 13 nitrogen and oxygen atoms in total. The van der Waals surface area contributed by atoms with E-state index in [4.69, 9.17) is 16.6 Å². The molecular formula is C50H54ClFN8O5. The van der Waals surface area contributed by atoms with Crippen LogP contribution in [0, 0.1) is 11.7 Å². The Balaban J connectivity index is 0.849. The molecule has 15 heteroatoms. The van der Waals surface area contributed by atoms with Crippen LogP contribution in [0.1, 0.15) is 48.0 Å². The zero-order valence-electron chi connectivity index (χ0n) is 36.5. The summed E-state index contributed by atoms with van der Waals surface area (Å²) >= 11 is 6.57. The van der Waals surface area contributed by atoms with Crippen LogP contribution in [-0.2, 0) is 22.6 Å². The van der Waals surface area contributed by atoms with Crippen LogP contribution in [0.5, 0.6) is 0 Å². The molecule has 0 saturated carbocycles. The molecular weight excluding hydrogens is 847 g/mol. The van der Waals surface area contributed by atoms with Gasteiger partial charge in [0, 0.05) is 86.9 Å². The molecule has 6 aromatic rings. The maximum Gasteiger partial charge on any atom is 0.261 e. The molecule has 0 unspecified atom stereocenters. The summed E-state index contributed by atoms with van der Waals surface area (Å²) < 4.78 is 15.0. The Kier molecular flexibility index (Phi) is 14.3. The van der Waals surface area contributed by atoms with Gasteiger partial charge in [0.05, 0.1) is 45.6 Å². The lowest BCUT2D eigenvalue weighted by molar-refractivity contribution is -0.140. The lowest BCUT2D eigenvalue weighted by atomic mass is 9.88. The number of carbonyl (C=O) groups is 3. The number of fused-ring (bicyclic) bond motifs is 2. The Morgan fingerprint density at radius 2 is 1.62 bits per heavy atom. The van der Waals surface area contributed by atoms with Crippen LogP contribution >= 0.6 is 11.6 Å². The van der Waals surface area contributed by atoms with E-state index >= 15 is 0 Å². The van der Waals surface area contributed by atoms with Gasteiger partial charge in [-0.05, 0) is 105 Å². The summed E-state index contributed by atoms with van der Waals surface area (Å²) in [5, 5.41) is 19.2. The molecule has 2 fully saturated rings. The average Bonchev–Trinajstić information content (AvgIpc) is 3.31. The van der Waals surface area contributed by atoms with E-state index in [1.54, 1.807) is 59.5 Å². The number of pyridine rings is 1. The van der Waals surface area contributed by atoms with E-state index < -0.39 is 5.60 Å². The van der Waals surface area contributed by atoms with Crippen LogP contribution in [0.15, 0.2) is 108 Å². The fourth-order valence-corrected chi connectivity index (χ4v) is 9.00. The van der Waals surface area contributed by atoms with E-state index in [2.05, 4.69) is 32.5 Å². The van der Waals surface area contributed by atoms with Crippen molar-refractivity contribution >= 4 is 56.8 Å². The predicted molar refractivity (Wildman–Crippen MR) is 251 cm³/mol. The predicted octanol–water partition coefficient (Wildman–Crippen LogP) is 6.40. The average molecular weight is 901 g/mol. The smallest absolute Gasteiger partial charge is 0.261 e. The number of rotatable bonds is 15. The number of nitrogens with zero attached hydrogens (tertiary/aromatic N) is 6. The number of halogens is 2. The van der Waals surface area contributed by atoms with Crippen LogP contribution in [-0.4, -0.2) is 117 Å². The minimum atomic E-state index is -1.22. The van der Waals surface area contributed by atoms with Gasteiger partial charge in [-0.2, -0.15) is 0 Å². The highest BCUT2D eigenvalue weighted by atomic mass is 35.5. The van der Waals surface area contributed by atoms with Gasteiger partial charge < -0.3 is 30.4 Å². The topological polar surface area (TPSA) is 153 Å². The number of likely N-dealkylation sites (tertiary alicyclic amines) is 1. The second-order valence-corrected chi connectivity index (χ2v) is 17.8. The van der Waals surface area contributed by atoms with E-state index in [-0.39, 0.29) is 54.4 Å². The number of carbonyl (C=O) groups excluding carboxylic acids is 3. The maximum atomic E-state index is 14.2. The minimum absolute atomic E-state index is 0.0107.